The van der Waals surface area contributed by atoms with Crippen molar-refractivity contribution < 1.29 is 24.0 Å². The van der Waals surface area contributed by atoms with Gasteiger partial charge in [0.25, 0.3) is 11.8 Å². The maximum absolute atomic E-state index is 12.1. The van der Waals surface area contributed by atoms with Crippen molar-refractivity contribution in [3.63, 3.8) is 0 Å². The van der Waals surface area contributed by atoms with Crippen LogP contribution in [-0.4, -0.2) is 36.1 Å². The topological polar surface area (TPSA) is 72.9 Å². The van der Waals surface area contributed by atoms with Gasteiger partial charge in [-0.25, -0.2) is 4.79 Å². The first-order chi connectivity index (χ1) is 12.2. The first-order valence-corrected chi connectivity index (χ1v) is 7.65. The van der Waals surface area contributed by atoms with E-state index in [-0.39, 0.29) is 24.3 Å². The largest absolute Gasteiger partial charge is 0.366 e. The fourth-order valence-electron chi connectivity index (χ4n) is 2.34. The lowest BCUT2D eigenvalue weighted by molar-refractivity contribution is -0.173. The van der Waals surface area contributed by atoms with E-state index in [1.807, 2.05) is 36.4 Å². The Bertz CT molecular complexity index is 794. The molecule has 1 heterocycles. The van der Waals surface area contributed by atoms with Crippen molar-refractivity contribution in [3.8, 4) is 0 Å². The molecule has 0 saturated carbocycles. The van der Waals surface area contributed by atoms with Gasteiger partial charge < -0.3 is 9.57 Å². The second kappa shape index (κ2) is 7.55. The van der Waals surface area contributed by atoms with Gasteiger partial charge in [0.05, 0.1) is 17.7 Å². The molecule has 0 bridgehead atoms. The Kier molecular flexibility index (Phi) is 5.01. The molecule has 0 fully saturated rings. The molecule has 0 unspecified atom stereocenters. The smallest absolute Gasteiger partial charge is 0.358 e. The van der Waals surface area contributed by atoms with Crippen LogP contribution < -0.4 is 0 Å². The molecule has 0 spiro atoms. The second-order valence-corrected chi connectivity index (χ2v) is 5.24. The van der Waals surface area contributed by atoms with E-state index >= 15 is 0 Å². The van der Waals surface area contributed by atoms with E-state index in [9.17, 15) is 14.4 Å². The van der Waals surface area contributed by atoms with Crippen molar-refractivity contribution in [1.29, 1.82) is 0 Å². The standard InChI is InChI=1S/C19H15NO5/c21-17(13-24-12-6-9-14-7-2-1-3-8-14)25-20-18(22)15-10-4-5-11-16(15)19(20)23/h1-11H,12-13H2/b9-6+. The zero-order chi connectivity index (χ0) is 17.6. The van der Waals surface area contributed by atoms with Crippen molar-refractivity contribution in [2.24, 2.45) is 0 Å². The molecule has 2 aromatic rings. The summed E-state index contributed by atoms with van der Waals surface area (Å²) in [5, 5.41) is 0.468. The van der Waals surface area contributed by atoms with Crippen LogP contribution in [0, 0.1) is 0 Å². The Morgan fingerprint density at radius 1 is 0.920 bits per heavy atom. The molecule has 1 aliphatic heterocycles. The summed E-state index contributed by atoms with van der Waals surface area (Å²) in [5.41, 5.74) is 1.44. The second-order valence-electron chi connectivity index (χ2n) is 5.24. The zero-order valence-corrected chi connectivity index (χ0v) is 13.3. The molecule has 0 aliphatic carbocycles. The van der Waals surface area contributed by atoms with Crippen LogP contribution in [0.3, 0.4) is 0 Å². The minimum atomic E-state index is -0.817. The van der Waals surface area contributed by atoms with E-state index in [4.69, 9.17) is 9.57 Å². The van der Waals surface area contributed by atoms with E-state index in [2.05, 4.69) is 0 Å². The molecule has 0 N–H and O–H groups in total. The molecule has 0 radical (unpaired) electrons. The van der Waals surface area contributed by atoms with Gasteiger partial charge >= 0.3 is 5.97 Å². The predicted octanol–water partition coefficient (Wildman–Crippen LogP) is 2.47. The lowest BCUT2D eigenvalue weighted by Gasteiger charge is -2.12. The number of hydrogen-bond acceptors (Lipinski definition) is 5. The number of amides is 2. The summed E-state index contributed by atoms with van der Waals surface area (Å²) in [5.74, 6) is -2.13. The molecule has 2 aromatic carbocycles. The monoisotopic (exact) mass is 337 g/mol. The number of ether oxygens (including phenoxy) is 1. The minimum Gasteiger partial charge on any atom is -0.366 e. The Morgan fingerprint density at radius 3 is 2.16 bits per heavy atom. The average molecular weight is 337 g/mol. The van der Waals surface area contributed by atoms with Gasteiger partial charge in [-0.05, 0) is 17.7 Å². The van der Waals surface area contributed by atoms with Crippen molar-refractivity contribution in [1.82, 2.24) is 5.06 Å². The van der Waals surface area contributed by atoms with Crippen LogP contribution in [0.1, 0.15) is 26.3 Å². The van der Waals surface area contributed by atoms with Gasteiger partial charge in [-0.1, -0.05) is 59.7 Å². The van der Waals surface area contributed by atoms with E-state index in [1.165, 1.54) is 12.1 Å². The van der Waals surface area contributed by atoms with Gasteiger partial charge in [-0.2, -0.15) is 0 Å². The van der Waals surface area contributed by atoms with Crippen LogP contribution in [0.4, 0.5) is 0 Å². The Morgan fingerprint density at radius 2 is 1.52 bits per heavy atom. The molecule has 0 atom stereocenters. The van der Waals surface area contributed by atoms with E-state index in [1.54, 1.807) is 18.2 Å². The summed E-state index contributed by atoms with van der Waals surface area (Å²) in [6, 6.07) is 15.9. The summed E-state index contributed by atoms with van der Waals surface area (Å²) in [6.07, 6.45) is 3.61. The molecule has 0 saturated heterocycles. The third-order valence-electron chi connectivity index (χ3n) is 3.49. The fraction of sp³-hybridized carbons (Fsp3) is 0.105. The van der Waals surface area contributed by atoms with Crippen LogP contribution in [-0.2, 0) is 14.4 Å². The maximum Gasteiger partial charge on any atom is 0.358 e. The molecule has 1 aliphatic rings. The van der Waals surface area contributed by atoms with Gasteiger partial charge in [0.1, 0.15) is 6.61 Å². The Labute approximate surface area is 144 Å². The highest BCUT2D eigenvalue weighted by Gasteiger charge is 2.38. The number of hydroxylamine groups is 2. The van der Waals surface area contributed by atoms with Crippen LogP contribution in [0.5, 0.6) is 0 Å². The Hall–Kier alpha value is -3.25. The van der Waals surface area contributed by atoms with Crippen molar-refractivity contribution in [2.45, 2.75) is 0 Å². The first kappa shape index (κ1) is 16.6. The SMILES string of the molecule is O=C(COC/C=C/c1ccccc1)ON1C(=O)c2ccccc2C1=O. The van der Waals surface area contributed by atoms with E-state index < -0.39 is 17.8 Å². The summed E-state index contributed by atoms with van der Waals surface area (Å²) >= 11 is 0. The number of carbonyl (C=O) groups is 3. The summed E-state index contributed by atoms with van der Waals surface area (Å²) in [7, 11) is 0. The van der Waals surface area contributed by atoms with Gasteiger partial charge in [-0.3, -0.25) is 9.59 Å². The third kappa shape index (κ3) is 3.81. The fourth-order valence-corrected chi connectivity index (χ4v) is 2.34. The molecule has 3 rings (SSSR count). The molecular formula is C19H15NO5. The minimum absolute atomic E-state index is 0.201. The van der Waals surface area contributed by atoms with Gasteiger partial charge in [-0.15, -0.1) is 0 Å². The van der Waals surface area contributed by atoms with Gasteiger partial charge in [0, 0.05) is 0 Å². The highest BCUT2D eigenvalue weighted by Crippen LogP contribution is 2.22. The molecule has 6 heteroatoms. The van der Waals surface area contributed by atoms with Crippen molar-refractivity contribution in [2.75, 3.05) is 13.2 Å². The van der Waals surface area contributed by atoms with E-state index in [0.717, 1.165) is 5.56 Å². The van der Waals surface area contributed by atoms with Crippen LogP contribution in [0.25, 0.3) is 6.08 Å². The predicted molar refractivity (Wildman–Crippen MR) is 89.3 cm³/mol. The molecule has 126 valence electrons. The molecule has 6 nitrogen and oxygen atoms in total. The number of hydrogen-bond donors (Lipinski definition) is 0. The van der Waals surface area contributed by atoms with Crippen LogP contribution in [0.2, 0.25) is 0 Å². The van der Waals surface area contributed by atoms with Gasteiger partial charge in [0.2, 0.25) is 0 Å². The highest BCUT2D eigenvalue weighted by molar-refractivity contribution is 6.20. The summed E-state index contributed by atoms with van der Waals surface area (Å²) in [4.78, 5) is 40.7. The number of imide groups is 1. The third-order valence-corrected chi connectivity index (χ3v) is 3.49. The first-order valence-electron chi connectivity index (χ1n) is 7.65. The summed E-state index contributed by atoms with van der Waals surface area (Å²) < 4.78 is 5.16. The lowest BCUT2D eigenvalue weighted by atomic mass is 10.1. The Balaban J connectivity index is 1.47. The van der Waals surface area contributed by atoms with Crippen LogP contribution >= 0.6 is 0 Å². The maximum atomic E-state index is 12.1. The highest BCUT2D eigenvalue weighted by atomic mass is 16.7. The number of benzene rings is 2. The molecule has 2 amide bonds. The number of carbonyl (C=O) groups excluding carboxylic acids is 3. The van der Waals surface area contributed by atoms with Gasteiger partial charge in [0.15, 0.2) is 0 Å². The molecule has 0 aromatic heterocycles. The number of rotatable bonds is 6. The molecule has 25 heavy (non-hydrogen) atoms. The van der Waals surface area contributed by atoms with E-state index in [0.29, 0.717) is 5.06 Å². The average Bonchev–Trinajstić information content (AvgIpc) is 2.88. The number of nitrogens with zero attached hydrogens (tertiary/aromatic N) is 1. The normalized spacial score (nSPS) is 13.4. The van der Waals surface area contributed by atoms with Crippen molar-refractivity contribution in [3.05, 3.63) is 77.4 Å². The zero-order valence-electron chi connectivity index (χ0n) is 13.3. The quantitative estimate of drug-likeness (QED) is 0.598. The van der Waals surface area contributed by atoms with Crippen LogP contribution in [0.15, 0.2) is 60.7 Å². The molecular weight excluding hydrogens is 322 g/mol. The van der Waals surface area contributed by atoms with Crippen molar-refractivity contribution >= 4 is 23.9 Å². The summed E-state index contributed by atoms with van der Waals surface area (Å²) in [6.45, 7) is -0.168. The lowest BCUT2D eigenvalue weighted by Crippen LogP contribution is -2.34. The number of fused-ring (bicyclic) bond motifs is 1.